The van der Waals surface area contributed by atoms with Gasteiger partial charge in [0, 0.05) is 18.0 Å². The van der Waals surface area contributed by atoms with E-state index >= 15 is 0 Å². The average molecular weight is 239 g/mol. The molecule has 1 N–H and O–H groups in total. The minimum Gasteiger partial charge on any atom is -0.336 e. The first-order chi connectivity index (χ1) is 7.63. The van der Waals surface area contributed by atoms with E-state index in [2.05, 4.69) is 10.2 Å². The lowest BCUT2D eigenvalue weighted by atomic mass is 10.1. The molecule has 0 bridgehead atoms. The van der Waals surface area contributed by atoms with Crippen LogP contribution in [0.3, 0.4) is 0 Å². The van der Waals surface area contributed by atoms with Gasteiger partial charge in [0.2, 0.25) is 5.91 Å². The van der Waals surface area contributed by atoms with E-state index in [9.17, 15) is 4.79 Å². The molecule has 1 aromatic rings. The summed E-state index contributed by atoms with van der Waals surface area (Å²) in [4.78, 5) is 13.8. The lowest BCUT2D eigenvalue weighted by molar-refractivity contribution is -0.135. The highest BCUT2D eigenvalue weighted by atomic mass is 32.2. The van der Waals surface area contributed by atoms with Crippen molar-refractivity contribution >= 4 is 17.7 Å². The number of carbonyl (C=O) groups is 1. The highest BCUT2D eigenvalue weighted by Gasteiger charge is 2.25. The molecule has 1 aromatic heterocycles. The van der Waals surface area contributed by atoms with E-state index in [0.717, 1.165) is 23.7 Å². The third-order valence-corrected chi connectivity index (χ3v) is 3.62. The molecule has 2 heterocycles. The van der Waals surface area contributed by atoms with Crippen LogP contribution in [-0.2, 0) is 17.8 Å². The molecule has 16 heavy (non-hydrogen) atoms. The number of thioether (sulfide) groups is 1. The Morgan fingerprint density at radius 1 is 1.56 bits per heavy atom. The number of amides is 1. The number of H-pyrrole nitrogens is 1. The predicted octanol–water partition coefficient (Wildman–Crippen LogP) is 1.67. The van der Waals surface area contributed by atoms with E-state index in [-0.39, 0.29) is 11.8 Å². The van der Waals surface area contributed by atoms with Crippen LogP contribution in [0.5, 0.6) is 0 Å². The van der Waals surface area contributed by atoms with Gasteiger partial charge in [0.15, 0.2) is 0 Å². The molecular formula is C11H17N3OS. The summed E-state index contributed by atoms with van der Waals surface area (Å²) < 4.78 is 0. The number of aromatic amines is 1. The molecule has 5 heteroatoms. The van der Waals surface area contributed by atoms with Crippen LogP contribution in [0, 0.1) is 5.92 Å². The van der Waals surface area contributed by atoms with Crippen molar-refractivity contribution in [2.24, 2.45) is 5.92 Å². The molecule has 1 aliphatic rings. The summed E-state index contributed by atoms with van der Waals surface area (Å²) in [6.07, 6.45) is 2.95. The Balaban J connectivity index is 2.15. The minimum absolute atomic E-state index is 0.0736. The number of aromatic nitrogens is 2. The van der Waals surface area contributed by atoms with E-state index in [1.54, 1.807) is 11.8 Å². The summed E-state index contributed by atoms with van der Waals surface area (Å²) in [5.41, 5.74) is 2.39. The van der Waals surface area contributed by atoms with Gasteiger partial charge >= 0.3 is 0 Å². The van der Waals surface area contributed by atoms with Crippen LogP contribution in [0.15, 0.2) is 5.03 Å². The van der Waals surface area contributed by atoms with Crippen molar-refractivity contribution in [3.8, 4) is 0 Å². The molecule has 0 spiro atoms. The Morgan fingerprint density at radius 3 is 2.94 bits per heavy atom. The van der Waals surface area contributed by atoms with E-state index in [4.69, 9.17) is 0 Å². The number of rotatable bonds is 2. The molecule has 4 nitrogen and oxygen atoms in total. The van der Waals surface area contributed by atoms with Gasteiger partial charge in [-0.25, -0.2) is 0 Å². The van der Waals surface area contributed by atoms with E-state index in [1.807, 2.05) is 25.0 Å². The Hall–Kier alpha value is -0.970. The molecule has 88 valence electrons. The molecule has 2 rings (SSSR count). The number of nitrogens with one attached hydrogen (secondary N) is 1. The summed E-state index contributed by atoms with van der Waals surface area (Å²) in [6.45, 7) is 5.38. The van der Waals surface area contributed by atoms with Crippen LogP contribution in [0.4, 0.5) is 0 Å². The van der Waals surface area contributed by atoms with Gasteiger partial charge in [-0.3, -0.25) is 9.89 Å². The van der Waals surface area contributed by atoms with Crippen LogP contribution < -0.4 is 0 Å². The normalized spacial score (nSPS) is 15.4. The van der Waals surface area contributed by atoms with Gasteiger partial charge in [-0.1, -0.05) is 13.8 Å². The second kappa shape index (κ2) is 4.49. The minimum atomic E-state index is 0.0736. The van der Waals surface area contributed by atoms with Crippen molar-refractivity contribution in [2.45, 2.75) is 31.8 Å². The number of hydrogen-bond donors (Lipinski definition) is 1. The topological polar surface area (TPSA) is 49.0 Å². The standard InChI is InChI=1S/C11H17N3OS/c1-7(2)11(15)14-5-4-8-9(6-14)12-13-10(8)16-3/h7H,4-6H2,1-3H3,(H,12,13). The summed E-state index contributed by atoms with van der Waals surface area (Å²) >= 11 is 1.66. The molecule has 0 aromatic carbocycles. The SMILES string of the molecule is CSc1n[nH]c2c1CCN(C(=O)C(C)C)C2. The first-order valence-corrected chi connectivity index (χ1v) is 6.74. The zero-order chi connectivity index (χ0) is 11.7. The van der Waals surface area contributed by atoms with Crippen LogP contribution in [-0.4, -0.2) is 33.8 Å². The molecule has 1 aliphatic heterocycles. The van der Waals surface area contributed by atoms with Crippen LogP contribution in [0.25, 0.3) is 0 Å². The van der Waals surface area contributed by atoms with E-state index in [0.29, 0.717) is 6.54 Å². The van der Waals surface area contributed by atoms with Gasteiger partial charge in [-0.15, -0.1) is 11.8 Å². The number of hydrogen-bond acceptors (Lipinski definition) is 3. The molecular weight excluding hydrogens is 222 g/mol. The lowest BCUT2D eigenvalue weighted by Crippen LogP contribution is -2.38. The van der Waals surface area contributed by atoms with Crippen molar-refractivity contribution in [1.82, 2.24) is 15.1 Å². The third kappa shape index (κ3) is 1.96. The van der Waals surface area contributed by atoms with Crippen molar-refractivity contribution < 1.29 is 4.79 Å². The predicted molar refractivity (Wildman–Crippen MR) is 64.3 cm³/mol. The summed E-state index contributed by atoms with van der Waals surface area (Å²) in [5.74, 6) is 0.301. The van der Waals surface area contributed by atoms with Gasteiger partial charge in [-0.05, 0) is 12.7 Å². The highest BCUT2D eigenvalue weighted by Crippen LogP contribution is 2.26. The molecule has 0 aliphatic carbocycles. The molecule has 0 atom stereocenters. The van der Waals surface area contributed by atoms with Crippen LogP contribution in [0.1, 0.15) is 25.1 Å². The van der Waals surface area contributed by atoms with Crippen molar-refractivity contribution in [3.05, 3.63) is 11.3 Å². The summed E-state index contributed by atoms with van der Waals surface area (Å²) in [7, 11) is 0. The quantitative estimate of drug-likeness (QED) is 0.799. The molecule has 1 amide bonds. The third-order valence-electron chi connectivity index (χ3n) is 2.89. The van der Waals surface area contributed by atoms with Crippen molar-refractivity contribution in [1.29, 1.82) is 0 Å². The fourth-order valence-electron chi connectivity index (χ4n) is 2.01. The maximum atomic E-state index is 11.9. The largest absolute Gasteiger partial charge is 0.336 e. The van der Waals surface area contributed by atoms with Gasteiger partial charge in [-0.2, -0.15) is 5.10 Å². The highest BCUT2D eigenvalue weighted by molar-refractivity contribution is 7.98. The number of nitrogens with zero attached hydrogens (tertiary/aromatic N) is 2. The van der Waals surface area contributed by atoms with Crippen molar-refractivity contribution in [2.75, 3.05) is 12.8 Å². The van der Waals surface area contributed by atoms with Crippen LogP contribution in [0.2, 0.25) is 0 Å². The molecule has 0 radical (unpaired) electrons. The van der Waals surface area contributed by atoms with Crippen LogP contribution >= 0.6 is 11.8 Å². The smallest absolute Gasteiger partial charge is 0.225 e. The van der Waals surface area contributed by atoms with Gasteiger partial charge < -0.3 is 4.90 Å². The molecule has 0 saturated heterocycles. The fourth-order valence-corrected chi connectivity index (χ4v) is 2.62. The van der Waals surface area contributed by atoms with Gasteiger partial charge in [0.25, 0.3) is 0 Å². The summed E-state index contributed by atoms with van der Waals surface area (Å²) in [5, 5.41) is 8.37. The molecule has 0 fully saturated rings. The zero-order valence-electron chi connectivity index (χ0n) is 9.91. The Bertz CT molecular complexity index is 400. The van der Waals surface area contributed by atoms with E-state index < -0.39 is 0 Å². The Labute approximate surface area is 99.8 Å². The van der Waals surface area contributed by atoms with E-state index in [1.165, 1.54) is 5.56 Å². The first-order valence-electron chi connectivity index (χ1n) is 5.52. The number of carbonyl (C=O) groups excluding carboxylic acids is 1. The van der Waals surface area contributed by atoms with Gasteiger partial charge in [0.1, 0.15) is 5.03 Å². The maximum Gasteiger partial charge on any atom is 0.225 e. The molecule has 0 saturated carbocycles. The Morgan fingerprint density at radius 2 is 2.31 bits per heavy atom. The fraction of sp³-hybridized carbons (Fsp3) is 0.636. The first kappa shape index (κ1) is 11.5. The molecule has 0 unspecified atom stereocenters. The number of fused-ring (bicyclic) bond motifs is 1. The second-order valence-corrected chi connectivity index (χ2v) is 5.15. The zero-order valence-corrected chi connectivity index (χ0v) is 10.7. The summed E-state index contributed by atoms with van der Waals surface area (Å²) in [6, 6.07) is 0. The average Bonchev–Trinajstić information content (AvgIpc) is 2.69. The maximum absolute atomic E-state index is 11.9. The Kier molecular flexibility index (Phi) is 3.23. The monoisotopic (exact) mass is 239 g/mol. The van der Waals surface area contributed by atoms with Crippen molar-refractivity contribution in [3.63, 3.8) is 0 Å². The second-order valence-electron chi connectivity index (χ2n) is 4.35. The van der Waals surface area contributed by atoms with Gasteiger partial charge in [0.05, 0.1) is 12.2 Å². The lowest BCUT2D eigenvalue weighted by Gasteiger charge is -2.28.